The Balaban J connectivity index is 1.71. The van der Waals surface area contributed by atoms with Crippen molar-refractivity contribution in [3.63, 3.8) is 0 Å². The first-order chi connectivity index (χ1) is 12.4. The van der Waals surface area contributed by atoms with Crippen molar-refractivity contribution in [1.82, 2.24) is 20.2 Å². The minimum atomic E-state index is -0.574. The third kappa shape index (κ3) is 4.16. The van der Waals surface area contributed by atoms with Crippen LogP contribution in [0.2, 0.25) is 0 Å². The lowest BCUT2D eigenvalue weighted by Crippen LogP contribution is -2.25. The minimum Gasteiger partial charge on any atom is -0.324 e. The van der Waals surface area contributed by atoms with Crippen molar-refractivity contribution in [2.24, 2.45) is 0 Å². The van der Waals surface area contributed by atoms with Gasteiger partial charge in [0.25, 0.3) is 5.91 Å². The maximum Gasteiger partial charge on any atom is 0.250 e. The number of carbonyl (C=O) groups excluding carboxylic acids is 1. The molecule has 0 spiro atoms. The van der Waals surface area contributed by atoms with Crippen molar-refractivity contribution in [3.05, 3.63) is 58.6 Å². The molecule has 0 bridgehead atoms. The van der Waals surface area contributed by atoms with Crippen LogP contribution in [0.15, 0.2) is 53.0 Å². The van der Waals surface area contributed by atoms with Crippen LogP contribution in [0.5, 0.6) is 0 Å². The molecule has 0 unspecified atom stereocenters. The predicted molar refractivity (Wildman–Crippen MR) is 105 cm³/mol. The highest BCUT2D eigenvalue weighted by Crippen LogP contribution is 2.20. The number of nitrogens with zero attached hydrogens (tertiary/aromatic N) is 4. The van der Waals surface area contributed by atoms with Crippen LogP contribution in [0.4, 0.5) is 5.69 Å². The molecule has 0 radical (unpaired) electrons. The fourth-order valence-corrected chi connectivity index (χ4v) is 2.67. The summed E-state index contributed by atoms with van der Waals surface area (Å²) in [6.45, 7) is 6.03. The molecule has 1 aromatic heterocycles. The zero-order chi connectivity index (χ0) is 18.7. The van der Waals surface area contributed by atoms with Crippen molar-refractivity contribution in [2.45, 2.75) is 32.7 Å². The number of carbonyl (C=O) groups is 1. The number of hydrogen-bond acceptors (Lipinski definition) is 4. The number of amides is 1. The summed E-state index contributed by atoms with van der Waals surface area (Å²) in [7, 11) is 0. The van der Waals surface area contributed by atoms with Crippen molar-refractivity contribution >= 4 is 27.5 Å². The molecule has 6 nitrogen and oxygen atoms in total. The first-order valence-electron chi connectivity index (χ1n) is 8.40. The molecule has 0 saturated heterocycles. The number of rotatable bonds is 5. The van der Waals surface area contributed by atoms with Crippen LogP contribution in [0.1, 0.15) is 38.3 Å². The first-order valence-corrected chi connectivity index (χ1v) is 9.19. The van der Waals surface area contributed by atoms with Gasteiger partial charge in [-0.1, -0.05) is 54.0 Å². The lowest BCUT2D eigenvalue weighted by atomic mass is 10.0. The molecule has 134 valence electrons. The van der Waals surface area contributed by atoms with Gasteiger partial charge in [-0.3, -0.25) is 4.79 Å². The second-order valence-electron chi connectivity index (χ2n) is 6.38. The Labute approximate surface area is 160 Å². The van der Waals surface area contributed by atoms with E-state index in [1.165, 1.54) is 10.4 Å². The molecule has 0 fully saturated rings. The van der Waals surface area contributed by atoms with Crippen molar-refractivity contribution in [2.75, 3.05) is 5.32 Å². The van der Waals surface area contributed by atoms with Gasteiger partial charge in [0.2, 0.25) is 5.82 Å². The number of benzene rings is 2. The van der Waals surface area contributed by atoms with Crippen LogP contribution in [0.25, 0.3) is 11.4 Å². The quantitative estimate of drug-likeness (QED) is 0.671. The number of tetrazole rings is 1. The molecular formula is C19H20BrN5O. The van der Waals surface area contributed by atoms with Crippen molar-refractivity contribution in [1.29, 1.82) is 0 Å². The van der Waals surface area contributed by atoms with E-state index in [4.69, 9.17) is 0 Å². The highest BCUT2D eigenvalue weighted by Gasteiger charge is 2.19. The number of nitrogens with one attached hydrogen (secondary N) is 1. The number of halogens is 1. The highest BCUT2D eigenvalue weighted by atomic mass is 79.9. The average molecular weight is 414 g/mol. The van der Waals surface area contributed by atoms with Crippen LogP contribution < -0.4 is 5.32 Å². The molecule has 1 heterocycles. The molecule has 3 rings (SSSR count). The zero-order valence-corrected chi connectivity index (χ0v) is 16.4. The van der Waals surface area contributed by atoms with Gasteiger partial charge in [0.15, 0.2) is 0 Å². The fraction of sp³-hybridized carbons (Fsp3) is 0.263. The smallest absolute Gasteiger partial charge is 0.250 e. The molecule has 2 aromatic carbocycles. The predicted octanol–water partition coefficient (Wildman–Crippen LogP) is 4.43. The fourth-order valence-electron chi connectivity index (χ4n) is 2.41. The Hall–Kier alpha value is -2.54. The normalized spacial score (nSPS) is 12.2. The molecular weight excluding hydrogens is 394 g/mol. The Kier molecular flexibility index (Phi) is 5.46. The monoisotopic (exact) mass is 413 g/mol. The van der Waals surface area contributed by atoms with Gasteiger partial charge in [0.05, 0.1) is 0 Å². The van der Waals surface area contributed by atoms with Crippen LogP contribution in [0.3, 0.4) is 0 Å². The summed E-state index contributed by atoms with van der Waals surface area (Å²) in [5.74, 6) is 0.769. The van der Waals surface area contributed by atoms with E-state index >= 15 is 0 Å². The van der Waals surface area contributed by atoms with Gasteiger partial charge in [-0.15, -0.1) is 10.2 Å². The average Bonchev–Trinajstić information content (AvgIpc) is 3.13. The standard InChI is InChI=1S/C19H20BrN5O/c1-12(2)14-4-6-15(7-5-14)18-22-24-25(23-18)13(3)19(26)21-17-10-8-16(20)9-11-17/h4-13H,1-3H3,(H,21,26)/t13-/m1/s1. The van der Waals surface area contributed by atoms with E-state index in [-0.39, 0.29) is 5.91 Å². The lowest BCUT2D eigenvalue weighted by molar-refractivity contribution is -0.119. The minimum absolute atomic E-state index is 0.202. The van der Waals surface area contributed by atoms with Crippen LogP contribution in [-0.2, 0) is 4.79 Å². The molecule has 0 aliphatic carbocycles. The molecule has 0 aliphatic heterocycles. The molecule has 3 aromatic rings. The van der Waals surface area contributed by atoms with E-state index in [0.29, 0.717) is 11.7 Å². The van der Waals surface area contributed by atoms with Crippen LogP contribution >= 0.6 is 15.9 Å². The Morgan fingerprint density at radius 2 is 1.69 bits per heavy atom. The third-order valence-electron chi connectivity index (χ3n) is 4.10. The molecule has 7 heteroatoms. The molecule has 0 aliphatic rings. The maximum absolute atomic E-state index is 12.4. The van der Waals surface area contributed by atoms with E-state index in [0.717, 1.165) is 15.7 Å². The van der Waals surface area contributed by atoms with Crippen molar-refractivity contribution < 1.29 is 4.79 Å². The first kappa shape index (κ1) is 18.3. The van der Waals surface area contributed by atoms with Crippen LogP contribution in [0, 0.1) is 0 Å². The maximum atomic E-state index is 12.4. The molecule has 0 saturated carbocycles. The summed E-state index contributed by atoms with van der Waals surface area (Å²) in [6, 6.07) is 14.9. The SMILES string of the molecule is CC(C)c1ccc(-c2nnn([C@H](C)C(=O)Nc3ccc(Br)cc3)n2)cc1. The molecule has 1 atom stereocenters. The van der Waals surface area contributed by atoms with E-state index in [9.17, 15) is 4.79 Å². The van der Waals surface area contributed by atoms with Gasteiger partial charge in [-0.05, 0) is 47.9 Å². The Morgan fingerprint density at radius 1 is 1.04 bits per heavy atom. The largest absolute Gasteiger partial charge is 0.324 e. The summed E-state index contributed by atoms with van der Waals surface area (Å²) in [5.41, 5.74) is 2.85. The summed E-state index contributed by atoms with van der Waals surface area (Å²) in [5, 5.41) is 15.3. The molecule has 1 N–H and O–H groups in total. The lowest BCUT2D eigenvalue weighted by Gasteiger charge is -2.10. The van der Waals surface area contributed by atoms with Gasteiger partial charge in [-0.2, -0.15) is 4.80 Å². The Morgan fingerprint density at radius 3 is 2.31 bits per heavy atom. The van der Waals surface area contributed by atoms with Crippen LogP contribution in [-0.4, -0.2) is 26.1 Å². The summed E-state index contributed by atoms with van der Waals surface area (Å²) in [4.78, 5) is 13.7. The second kappa shape index (κ2) is 7.78. The summed E-state index contributed by atoms with van der Waals surface area (Å²) in [6.07, 6.45) is 0. The number of hydrogen-bond donors (Lipinski definition) is 1. The van der Waals surface area contributed by atoms with Gasteiger partial charge in [0.1, 0.15) is 6.04 Å². The van der Waals surface area contributed by atoms with E-state index < -0.39 is 6.04 Å². The zero-order valence-electron chi connectivity index (χ0n) is 14.8. The van der Waals surface area contributed by atoms with E-state index in [1.807, 2.05) is 36.4 Å². The summed E-state index contributed by atoms with van der Waals surface area (Å²) >= 11 is 3.37. The van der Waals surface area contributed by atoms with E-state index in [2.05, 4.69) is 62.6 Å². The van der Waals surface area contributed by atoms with Gasteiger partial charge in [0, 0.05) is 15.7 Å². The molecule has 26 heavy (non-hydrogen) atoms. The number of anilines is 1. The Bertz CT molecular complexity index is 887. The summed E-state index contributed by atoms with van der Waals surface area (Å²) < 4.78 is 0.953. The topological polar surface area (TPSA) is 72.7 Å². The van der Waals surface area contributed by atoms with Gasteiger partial charge >= 0.3 is 0 Å². The number of aromatic nitrogens is 4. The van der Waals surface area contributed by atoms with E-state index in [1.54, 1.807) is 6.92 Å². The van der Waals surface area contributed by atoms with Gasteiger partial charge in [-0.25, -0.2) is 0 Å². The highest BCUT2D eigenvalue weighted by molar-refractivity contribution is 9.10. The molecule has 1 amide bonds. The third-order valence-corrected chi connectivity index (χ3v) is 4.63. The second-order valence-corrected chi connectivity index (χ2v) is 7.30. The van der Waals surface area contributed by atoms with Gasteiger partial charge < -0.3 is 5.32 Å². The van der Waals surface area contributed by atoms with Crippen molar-refractivity contribution in [3.8, 4) is 11.4 Å².